The van der Waals surface area contributed by atoms with E-state index < -0.39 is 11.7 Å². The molecular weight excluding hydrogens is 291 g/mol. The molecule has 0 amide bonds. The standard InChI is InChI=1S/C13H11ClF3N3/c1-7-11(18)4-5-12(19-7)20-8-2-3-10(14)9(6-8)13(15,16)17/h2-6H,18H2,1H3,(H,19,20). The molecule has 3 N–H and O–H groups in total. The van der Waals surface area contributed by atoms with Gasteiger partial charge in [-0.15, -0.1) is 0 Å². The minimum atomic E-state index is -4.50. The van der Waals surface area contributed by atoms with Gasteiger partial charge >= 0.3 is 6.18 Å². The normalized spacial score (nSPS) is 11.4. The second-order valence-electron chi connectivity index (χ2n) is 4.19. The first-order valence-electron chi connectivity index (χ1n) is 5.64. The van der Waals surface area contributed by atoms with Gasteiger partial charge in [-0.05, 0) is 37.3 Å². The lowest BCUT2D eigenvalue weighted by molar-refractivity contribution is -0.137. The number of nitrogen functional groups attached to an aromatic ring is 1. The Balaban J connectivity index is 2.32. The highest BCUT2D eigenvalue weighted by atomic mass is 35.5. The number of halogens is 4. The van der Waals surface area contributed by atoms with Crippen molar-refractivity contribution in [1.29, 1.82) is 0 Å². The molecule has 0 aliphatic carbocycles. The van der Waals surface area contributed by atoms with Crippen molar-refractivity contribution in [3.05, 3.63) is 46.6 Å². The summed E-state index contributed by atoms with van der Waals surface area (Å²) in [4.78, 5) is 4.13. The Hall–Kier alpha value is -1.95. The lowest BCUT2D eigenvalue weighted by Gasteiger charge is -2.12. The van der Waals surface area contributed by atoms with Crippen LogP contribution in [0.1, 0.15) is 11.3 Å². The predicted molar refractivity (Wildman–Crippen MR) is 73.1 cm³/mol. The summed E-state index contributed by atoms with van der Waals surface area (Å²) >= 11 is 5.55. The minimum absolute atomic E-state index is 0.249. The smallest absolute Gasteiger partial charge is 0.397 e. The maximum absolute atomic E-state index is 12.7. The number of nitrogens with zero attached hydrogens (tertiary/aromatic N) is 1. The topological polar surface area (TPSA) is 50.9 Å². The van der Waals surface area contributed by atoms with Gasteiger partial charge in [-0.25, -0.2) is 4.98 Å². The first kappa shape index (κ1) is 14.5. The van der Waals surface area contributed by atoms with Crippen LogP contribution in [0.5, 0.6) is 0 Å². The Bertz CT molecular complexity index is 641. The summed E-state index contributed by atoms with van der Waals surface area (Å²) in [5.74, 6) is 0.409. The van der Waals surface area contributed by atoms with Crippen molar-refractivity contribution >= 4 is 28.8 Å². The van der Waals surface area contributed by atoms with Gasteiger partial charge in [0.1, 0.15) is 5.82 Å². The Morgan fingerprint density at radius 3 is 2.50 bits per heavy atom. The third kappa shape index (κ3) is 3.14. The molecule has 0 saturated carbocycles. The van der Waals surface area contributed by atoms with E-state index in [1.165, 1.54) is 12.1 Å². The number of hydrogen-bond donors (Lipinski definition) is 2. The third-order valence-electron chi connectivity index (χ3n) is 2.67. The number of anilines is 3. The van der Waals surface area contributed by atoms with Crippen LogP contribution in [0, 0.1) is 6.92 Å². The van der Waals surface area contributed by atoms with E-state index in [2.05, 4.69) is 10.3 Å². The molecule has 106 valence electrons. The summed E-state index contributed by atoms with van der Waals surface area (Å²) < 4.78 is 38.2. The zero-order valence-corrected chi connectivity index (χ0v) is 11.2. The lowest BCUT2D eigenvalue weighted by atomic mass is 10.2. The predicted octanol–water partition coefficient (Wildman–Crippen LogP) is 4.39. The number of rotatable bonds is 2. The summed E-state index contributed by atoms with van der Waals surface area (Å²) in [6.07, 6.45) is -4.50. The first-order chi connectivity index (χ1) is 9.27. The molecule has 2 aromatic rings. The minimum Gasteiger partial charge on any atom is -0.397 e. The second kappa shape index (κ2) is 5.20. The number of benzene rings is 1. The van der Waals surface area contributed by atoms with Crippen LogP contribution in [0.4, 0.5) is 30.4 Å². The van der Waals surface area contributed by atoms with Crippen LogP contribution in [-0.2, 0) is 6.18 Å². The zero-order chi connectivity index (χ0) is 14.9. The number of nitrogens with two attached hydrogens (primary N) is 1. The molecular formula is C13H11ClF3N3. The van der Waals surface area contributed by atoms with Crippen LogP contribution in [0.15, 0.2) is 30.3 Å². The Morgan fingerprint density at radius 1 is 1.20 bits per heavy atom. The molecule has 7 heteroatoms. The fourth-order valence-corrected chi connectivity index (χ4v) is 1.83. The summed E-state index contributed by atoms with van der Waals surface area (Å²) in [5.41, 5.74) is 6.10. The molecule has 3 nitrogen and oxygen atoms in total. The van der Waals surface area contributed by atoms with Crippen LogP contribution < -0.4 is 11.1 Å². The van der Waals surface area contributed by atoms with Crippen LogP contribution in [-0.4, -0.2) is 4.98 Å². The van der Waals surface area contributed by atoms with Gasteiger partial charge in [0.05, 0.1) is 22.0 Å². The van der Waals surface area contributed by atoms with Gasteiger partial charge in [-0.3, -0.25) is 0 Å². The van der Waals surface area contributed by atoms with Gasteiger partial charge in [0, 0.05) is 5.69 Å². The molecule has 2 rings (SSSR count). The fraction of sp³-hybridized carbons (Fsp3) is 0.154. The van der Waals surface area contributed by atoms with E-state index in [1.807, 2.05) is 0 Å². The number of pyridine rings is 1. The van der Waals surface area contributed by atoms with Gasteiger partial charge in [0.2, 0.25) is 0 Å². The average Bonchev–Trinajstić information content (AvgIpc) is 2.35. The number of aromatic nitrogens is 1. The van der Waals surface area contributed by atoms with Crippen molar-refractivity contribution < 1.29 is 13.2 Å². The van der Waals surface area contributed by atoms with Crippen LogP contribution >= 0.6 is 11.6 Å². The van der Waals surface area contributed by atoms with Crippen molar-refractivity contribution in [3.63, 3.8) is 0 Å². The highest BCUT2D eigenvalue weighted by Gasteiger charge is 2.33. The molecule has 1 heterocycles. The van der Waals surface area contributed by atoms with Gasteiger partial charge < -0.3 is 11.1 Å². The van der Waals surface area contributed by atoms with Crippen LogP contribution in [0.3, 0.4) is 0 Å². The molecule has 20 heavy (non-hydrogen) atoms. The largest absolute Gasteiger partial charge is 0.417 e. The molecule has 0 spiro atoms. The summed E-state index contributed by atoms with van der Waals surface area (Å²) in [6.45, 7) is 1.71. The number of alkyl halides is 3. The SMILES string of the molecule is Cc1nc(Nc2ccc(Cl)c(C(F)(F)F)c2)ccc1N. The quantitative estimate of drug-likeness (QED) is 0.865. The molecule has 1 aromatic heterocycles. The van der Waals surface area contributed by atoms with Crippen molar-refractivity contribution in [1.82, 2.24) is 4.98 Å². The highest BCUT2D eigenvalue weighted by molar-refractivity contribution is 6.31. The second-order valence-corrected chi connectivity index (χ2v) is 4.60. The van der Waals surface area contributed by atoms with E-state index in [-0.39, 0.29) is 10.7 Å². The molecule has 0 fully saturated rings. The van der Waals surface area contributed by atoms with Gasteiger partial charge in [-0.1, -0.05) is 11.6 Å². The molecule has 0 unspecified atom stereocenters. The number of aryl methyl sites for hydroxylation is 1. The van der Waals surface area contributed by atoms with E-state index in [4.69, 9.17) is 17.3 Å². The molecule has 0 atom stereocenters. The van der Waals surface area contributed by atoms with Crippen molar-refractivity contribution in [2.24, 2.45) is 0 Å². The van der Waals surface area contributed by atoms with Crippen molar-refractivity contribution in [2.75, 3.05) is 11.1 Å². The van der Waals surface area contributed by atoms with Crippen LogP contribution in [0.25, 0.3) is 0 Å². The van der Waals surface area contributed by atoms with E-state index in [1.54, 1.807) is 19.1 Å². The fourth-order valence-electron chi connectivity index (χ4n) is 1.61. The maximum atomic E-state index is 12.7. The monoisotopic (exact) mass is 301 g/mol. The van der Waals surface area contributed by atoms with Crippen molar-refractivity contribution in [2.45, 2.75) is 13.1 Å². The Kier molecular flexibility index (Phi) is 3.76. The Morgan fingerprint density at radius 2 is 1.90 bits per heavy atom. The molecule has 0 radical (unpaired) electrons. The highest BCUT2D eigenvalue weighted by Crippen LogP contribution is 2.36. The van der Waals surface area contributed by atoms with Crippen molar-refractivity contribution in [3.8, 4) is 0 Å². The van der Waals surface area contributed by atoms with Gasteiger partial charge in [-0.2, -0.15) is 13.2 Å². The van der Waals surface area contributed by atoms with E-state index >= 15 is 0 Å². The summed E-state index contributed by atoms with van der Waals surface area (Å²) in [7, 11) is 0. The van der Waals surface area contributed by atoms with Gasteiger partial charge in [0.25, 0.3) is 0 Å². The molecule has 1 aromatic carbocycles. The molecule has 0 saturated heterocycles. The summed E-state index contributed by atoms with van der Waals surface area (Å²) in [5, 5.41) is 2.44. The number of nitrogens with one attached hydrogen (secondary N) is 1. The van der Waals surface area contributed by atoms with E-state index in [0.29, 0.717) is 17.2 Å². The lowest BCUT2D eigenvalue weighted by Crippen LogP contribution is -2.07. The average molecular weight is 302 g/mol. The van der Waals surface area contributed by atoms with Gasteiger partial charge in [0.15, 0.2) is 0 Å². The maximum Gasteiger partial charge on any atom is 0.417 e. The van der Waals surface area contributed by atoms with E-state index in [0.717, 1.165) is 6.07 Å². The Labute approximate surface area is 118 Å². The zero-order valence-electron chi connectivity index (χ0n) is 10.4. The molecule has 0 aliphatic rings. The third-order valence-corrected chi connectivity index (χ3v) is 3.00. The summed E-state index contributed by atoms with van der Waals surface area (Å²) in [6, 6.07) is 6.80. The molecule has 0 bridgehead atoms. The van der Waals surface area contributed by atoms with Crippen LogP contribution in [0.2, 0.25) is 5.02 Å². The number of hydrogen-bond acceptors (Lipinski definition) is 3. The van der Waals surface area contributed by atoms with E-state index in [9.17, 15) is 13.2 Å². The molecule has 0 aliphatic heterocycles. The first-order valence-corrected chi connectivity index (χ1v) is 6.02.